The number of nitrogens with zero attached hydrogens (tertiary/aromatic N) is 2. The minimum atomic E-state index is -0.620. The molecule has 0 aliphatic rings. The number of nitriles is 1. The Morgan fingerprint density at radius 2 is 2.29 bits per heavy atom. The SMILES string of the molecule is CC(=O)C(Br)c1cc([N+](=O)[O-])ccc1CC#N. The summed E-state index contributed by atoms with van der Waals surface area (Å²) in [6.45, 7) is 1.38. The number of nitro groups is 1. The van der Waals surface area contributed by atoms with Crippen LogP contribution < -0.4 is 0 Å². The number of ketones is 1. The van der Waals surface area contributed by atoms with Crippen LogP contribution in [0.15, 0.2) is 18.2 Å². The summed E-state index contributed by atoms with van der Waals surface area (Å²) < 4.78 is 0. The maximum atomic E-state index is 11.3. The molecule has 0 heterocycles. The summed E-state index contributed by atoms with van der Waals surface area (Å²) in [4.78, 5) is 20.8. The van der Waals surface area contributed by atoms with Gasteiger partial charge in [0.2, 0.25) is 0 Å². The van der Waals surface area contributed by atoms with Crippen LogP contribution in [0.3, 0.4) is 0 Å². The van der Waals surface area contributed by atoms with E-state index in [0.717, 1.165) is 0 Å². The lowest BCUT2D eigenvalue weighted by molar-refractivity contribution is -0.384. The average Bonchev–Trinajstić information content (AvgIpc) is 2.28. The van der Waals surface area contributed by atoms with Crippen LogP contribution in [0.5, 0.6) is 0 Å². The average molecular weight is 297 g/mol. The number of carbonyl (C=O) groups is 1. The molecular formula is C11H9BrN2O3. The smallest absolute Gasteiger partial charge is 0.269 e. The van der Waals surface area contributed by atoms with Crippen LogP contribution in [0, 0.1) is 21.4 Å². The predicted octanol–water partition coefficient (Wildman–Crippen LogP) is 2.69. The van der Waals surface area contributed by atoms with Gasteiger partial charge in [0.05, 0.1) is 22.2 Å². The van der Waals surface area contributed by atoms with Gasteiger partial charge in [-0.1, -0.05) is 22.0 Å². The van der Waals surface area contributed by atoms with Gasteiger partial charge in [-0.3, -0.25) is 14.9 Å². The quantitative estimate of drug-likeness (QED) is 0.486. The molecule has 0 aliphatic carbocycles. The molecule has 1 aromatic carbocycles. The van der Waals surface area contributed by atoms with Gasteiger partial charge in [0.15, 0.2) is 0 Å². The molecule has 17 heavy (non-hydrogen) atoms. The zero-order valence-electron chi connectivity index (χ0n) is 9.01. The molecule has 0 radical (unpaired) electrons. The standard InChI is InChI=1S/C11H9BrN2O3/c1-7(15)11(12)10-6-9(14(16)17)3-2-8(10)4-5-13/h2-3,6,11H,4H2,1H3. The lowest BCUT2D eigenvalue weighted by Crippen LogP contribution is -2.05. The zero-order chi connectivity index (χ0) is 13.0. The Hall–Kier alpha value is -1.74. The van der Waals surface area contributed by atoms with Gasteiger partial charge in [0.1, 0.15) is 5.78 Å². The van der Waals surface area contributed by atoms with Crippen molar-refractivity contribution >= 4 is 27.4 Å². The molecule has 1 atom stereocenters. The van der Waals surface area contributed by atoms with Crippen molar-refractivity contribution in [2.75, 3.05) is 0 Å². The fourth-order valence-corrected chi connectivity index (χ4v) is 1.82. The summed E-state index contributed by atoms with van der Waals surface area (Å²) >= 11 is 3.17. The van der Waals surface area contributed by atoms with E-state index in [1.54, 1.807) is 0 Å². The summed E-state index contributed by atoms with van der Waals surface area (Å²) in [5.41, 5.74) is 1.01. The van der Waals surface area contributed by atoms with E-state index in [1.165, 1.54) is 25.1 Å². The second kappa shape index (κ2) is 5.55. The number of Topliss-reactive ketones (excluding diaryl/α,β-unsaturated/α-hetero) is 1. The number of alkyl halides is 1. The van der Waals surface area contributed by atoms with Gasteiger partial charge in [-0.2, -0.15) is 5.26 Å². The van der Waals surface area contributed by atoms with E-state index in [9.17, 15) is 14.9 Å². The first-order valence-electron chi connectivity index (χ1n) is 4.76. The largest absolute Gasteiger partial charge is 0.298 e. The topological polar surface area (TPSA) is 84.0 Å². The first-order chi connectivity index (χ1) is 7.97. The van der Waals surface area contributed by atoms with Gasteiger partial charge in [-0.15, -0.1) is 0 Å². The second-order valence-electron chi connectivity index (χ2n) is 3.45. The van der Waals surface area contributed by atoms with Gasteiger partial charge < -0.3 is 0 Å². The third-order valence-corrected chi connectivity index (χ3v) is 3.38. The molecule has 0 spiro atoms. The molecule has 6 heteroatoms. The Balaban J connectivity index is 3.30. The summed E-state index contributed by atoms with van der Waals surface area (Å²) in [5, 5.41) is 19.3. The van der Waals surface area contributed by atoms with Crippen molar-refractivity contribution in [3.8, 4) is 6.07 Å². The van der Waals surface area contributed by atoms with Crippen LogP contribution in [0.4, 0.5) is 5.69 Å². The molecule has 5 nitrogen and oxygen atoms in total. The molecule has 1 aromatic rings. The maximum Gasteiger partial charge on any atom is 0.269 e. The lowest BCUT2D eigenvalue weighted by atomic mass is 10.00. The molecule has 0 bridgehead atoms. The minimum absolute atomic E-state index is 0.0904. The van der Waals surface area contributed by atoms with Crippen LogP contribution in [0.2, 0.25) is 0 Å². The summed E-state index contributed by atoms with van der Waals surface area (Å²) in [6, 6.07) is 6.13. The molecule has 0 aliphatic heterocycles. The maximum absolute atomic E-state index is 11.3. The molecule has 0 aromatic heterocycles. The number of non-ortho nitro benzene ring substituents is 1. The second-order valence-corrected chi connectivity index (χ2v) is 4.36. The van der Waals surface area contributed by atoms with Gasteiger partial charge in [-0.05, 0) is 18.1 Å². The number of nitro benzene ring substituents is 1. The molecule has 1 rings (SSSR count). The van der Waals surface area contributed by atoms with Crippen molar-refractivity contribution in [1.29, 1.82) is 5.26 Å². The van der Waals surface area contributed by atoms with Crippen molar-refractivity contribution in [3.63, 3.8) is 0 Å². The van der Waals surface area contributed by atoms with E-state index in [1.807, 2.05) is 6.07 Å². The summed E-state index contributed by atoms with van der Waals surface area (Å²) in [5.74, 6) is -0.162. The molecule has 0 fully saturated rings. The van der Waals surface area contributed by atoms with E-state index < -0.39 is 9.75 Å². The molecule has 0 amide bonds. The number of hydrogen-bond donors (Lipinski definition) is 0. The van der Waals surface area contributed by atoms with Crippen LogP contribution in [-0.4, -0.2) is 10.7 Å². The number of benzene rings is 1. The Morgan fingerprint density at radius 3 is 2.76 bits per heavy atom. The third-order valence-electron chi connectivity index (χ3n) is 2.24. The zero-order valence-corrected chi connectivity index (χ0v) is 10.6. The van der Waals surface area contributed by atoms with Crippen molar-refractivity contribution in [1.82, 2.24) is 0 Å². The fourth-order valence-electron chi connectivity index (χ4n) is 1.40. The highest BCUT2D eigenvalue weighted by Gasteiger charge is 2.19. The fraction of sp³-hybridized carbons (Fsp3) is 0.273. The molecular weight excluding hydrogens is 288 g/mol. The van der Waals surface area contributed by atoms with Crippen LogP contribution >= 0.6 is 15.9 Å². The first-order valence-corrected chi connectivity index (χ1v) is 5.67. The van der Waals surface area contributed by atoms with Crippen molar-refractivity contribution in [2.24, 2.45) is 0 Å². The van der Waals surface area contributed by atoms with E-state index in [0.29, 0.717) is 11.1 Å². The Labute approximate surface area is 106 Å². The van der Waals surface area contributed by atoms with E-state index in [-0.39, 0.29) is 17.9 Å². The normalized spacial score (nSPS) is 11.6. The highest BCUT2D eigenvalue weighted by Crippen LogP contribution is 2.30. The van der Waals surface area contributed by atoms with Gasteiger partial charge in [0.25, 0.3) is 5.69 Å². The Kier molecular flexibility index (Phi) is 4.35. The molecule has 0 N–H and O–H groups in total. The Bertz CT molecular complexity index is 508. The van der Waals surface area contributed by atoms with E-state index in [2.05, 4.69) is 15.9 Å². The van der Waals surface area contributed by atoms with Crippen LogP contribution in [-0.2, 0) is 11.2 Å². The minimum Gasteiger partial charge on any atom is -0.298 e. The molecule has 0 saturated heterocycles. The van der Waals surface area contributed by atoms with E-state index in [4.69, 9.17) is 5.26 Å². The number of halogens is 1. The number of carbonyl (C=O) groups excluding carboxylic acids is 1. The molecule has 1 unspecified atom stereocenters. The molecule has 88 valence electrons. The summed E-state index contributed by atoms with van der Waals surface area (Å²) in [7, 11) is 0. The van der Waals surface area contributed by atoms with Gasteiger partial charge in [-0.25, -0.2) is 0 Å². The summed E-state index contributed by atoms with van der Waals surface area (Å²) in [6.07, 6.45) is 0.114. The first kappa shape index (κ1) is 13.3. The number of rotatable bonds is 4. The van der Waals surface area contributed by atoms with Crippen molar-refractivity contribution < 1.29 is 9.72 Å². The highest BCUT2D eigenvalue weighted by molar-refractivity contribution is 9.09. The van der Waals surface area contributed by atoms with Crippen molar-refractivity contribution in [2.45, 2.75) is 18.2 Å². The highest BCUT2D eigenvalue weighted by atomic mass is 79.9. The van der Waals surface area contributed by atoms with Crippen LogP contribution in [0.25, 0.3) is 0 Å². The monoisotopic (exact) mass is 296 g/mol. The molecule has 0 saturated carbocycles. The Morgan fingerprint density at radius 1 is 1.65 bits per heavy atom. The lowest BCUT2D eigenvalue weighted by Gasteiger charge is -2.10. The third kappa shape index (κ3) is 3.11. The number of hydrogen-bond acceptors (Lipinski definition) is 4. The van der Waals surface area contributed by atoms with Gasteiger partial charge in [0, 0.05) is 12.1 Å². The van der Waals surface area contributed by atoms with Gasteiger partial charge >= 0.3 is 0 Å². The van der Waals surface area contributed by atoms with E-state index >= 15 is 0 Å². The predicted molar refractivity (Wildman–Crippen MR) is 64.8 cm³/mol. The van der Waals surface area contributed by atoms with Crippen molar-refractivity contribution in [3.05, 3.63) is 39.4 Å². The van der Waals surface area contributed by atoms with Crippen LogP contribution in [0.1, 0.15) is 22.9 Å².